The molecule has 2 aromatic rings. The summed E-state index contributed by atoms with van der Waals surface area (Å²) < 4.78 is 0. The molecule has 0 radical (unpaired) electrons. The molecular formula is C18H21N3O. The number of fused-ring (bicyclic) bond motifs is 3. The molecular weight excluding hydrogens is 274 g/mol. The van der Waals surface area contributed by atoms with Crippen LogP contribution in [0.15, 0.2) is 30.6 Å². The van der Waals surface area contributed by atoms with E-state index in [4.69, 9.17) is 0 Å². The summed E-state index contributed by atoms with van der Waals surface area (Å²) in [6.07, 6.45) is 9.15. The van der Waals surface area contributed by atoms with Crippen molar-refractivity contribution in [1.82, 2.24) is 14.9 Å². The number of rotatable bonds is 2. The molecule has 2 aliphatic rings. The van der Waals surface area contributed by atoms with E-state index in [0.29, 0.717) is 12.1 Å². The van der Waals surface area contributed by atoms with Crippen LogP contribution in [0.5, 0.6) is 0 Å². The lowest BCUT2D eigenvalue weighted by atomic mass is 9.76. The molecule has 2 fully saturated rings. The SMILES string of the molecule is CN1C2CCCC1CC(C(=O)c1ccc3nccnc3c1)C2. The zero-order valence-corrected chi connectivity index (χ0v) is 12.9. The maximum Gasteiger partial charge on any atom is 0.166 e. The largest absolute Gasteiger partial charge is 0.300 e. The first-order valence-corrected chi connectivity index (χ1v) is 8.19. The number of benzene rings is 1. The Morgan fingerprint density at radius 3 is 2.50 bits per heavy atom. The number of nitrogens with zero attached hydrogens (tertiary/aromatic N) is 3. The second-order valence-corrected chi connectivity index (χ2v) is 6.70. The maximum atomic E-state index is 12.9. The van der Waals surface area contributed by atoms with Crippen LogP contribution in [0.1, 0.15) is 42.5 Å². The fraction of sp³-hybridized carbons (Fsp3) is 0.500. The fourth-order valence-electron chi connectivity index (χ4n) is 4.18. The predicted molar refractivity (Wildman–Crippen MR) is 85.8 cm³/mol. The van der Waals surface area contributed by atoms with E-state index >= 15 is 0 Å². The van der Waals surface area contributed by atoms with Gasteiger partial charge in [0.25, 0.3) is 0 Å². The lowest BCUT2D eigenvalue weighted by molar-refractivity contribution is 0.0338. The number of aromatic nitrogens is 2. The minimum Gasteiger partial charge on any atom is -0.300 e. The summed E-state index contributed by atoms with van der Waals surface area (Å²) >= 11 is 0. The van der Waals surface area contributed by atoms with Gasteiger partial charge in [0, 0.05) is 36.0 Å². The molecule has 0 saturated carbocycles. The molecule has 0 amide bonds. The van der Waals surface area contributed by atoms with Gasteiger partial charge in [-0.2, -0.15) is 0 Å². The topological polar surface area (TPSA) is 46.1 Å². The molecule has 0 aliphatic carbocycles. The third kappa shape index (κ3) is 2.31. The Labute approximate surface area is 130 Å². The third-order valence-electron chi connectivity index (χ3n) is 5.46. The van der Waals surface area contributed by atoms with Crippen LogP contribution in [0.3, 0.4) is 0 Å². The monoisotopic (exact) mass is 295 g/mol. The summed E-state index contributed by atoms with van der Waals surface area (Å²) in [6, 6.07) is 6.89. The molecule has 114 valence electrons. The Morgan fingerprint density at radius 2 is 1.77 bits per heavy atom. The van der Waals surface area contributed by atoms with Crippen LogP contribution < -0.4 is 0 Å². The van der Waals surface area contributed by atoms with Gasteiger partial charge in [-0.3, -0.25) is 14.8 Å². The van der Waals surface area contributed by atoms with Gasteiger partial charge in [0.15, 0.2) is 5.78 Å². The summed E-state index contributed by atoms with van der Waals surface area (Å²) in [5.41, 5.74) is 2.45. The molecule has 2 saturated heterocycles. The number of piperidine rings is 2. The Bertz CT molecular complexity index is 700. The normalized spacial score (nSPS) is 28.7. The second-order valence-electron chi connectivity index (χ2n) is 6.70. The van der Waals surface area contributed by atoms with E-state index < -0.39 is 0 Å². The Balaban J connectivity index is 1.60. The van der Waals surface area contributed by atoms with Gasteiger partial charge in [-0.1, -0.05) is 6.42 Å². The molecule has 3 heterocycles. The van der Waals surface area contributed by atoms with Crippen molar-refractivity contribution in [2.45, 2.75) is 44.2 Å². The van der Waals surface area contributed by atoms with E-state index in [9.17, 15) is 4.79 Å². The number of ketones is 1. The first kappa shape index (κ1) is 13.8. The fourth-order valence-corrected chi connectivity index (χ4v) is 4.18. The van der Waals surface area contributed by atoms with E-state index in [-0.39, 0.29) is 11.7 Å². The van der Waals surface area contributed by atoms with Gasteiger partial charge in [0.05, 0.1) is 11.0 Å². The molecule has 1 aromatic heterocycles. The maximum absolute atomic E-state index is 12.9. The number of carbonyl (C=O) groups is 1. The third-order valence-corrected chi connectivity index (χ3v) is 5.46. The van der Waals surface area contributed by atoms with Gasteiger partial charge in [-0.25, -0.2) is 0 Å². The Morgan fingerprint density at radius 1 is 1.09 bits per heavy atom. The second kappa shape index (κ2) is 5.43. The molecule has 2 atom stereocenters. The van der Waals surface area contributed by atoms with E-state index in [2.05, 4.69) is 21.9 Å². The highest BCUT2D eigenvalue weighted by Crippen LogP contribution is 2.37. The summed E-state index contributed by atoms with van der Waals surface area (Å²) in [6.45, 7) is 0. The molecule has 4 heteroatoms. The standard InChI is InChI=1S/C18H21N3O/c1-21-14-3-2-4-15(21)10-13(9-14)18(22)12-5-6-16-17(11-12)20-8-7-19-16/h5-8,11,13-15H,2-4,9-10H2,1H3. The van der Waals surface area contributed by atoms with E-state index in [0.717, 1.165) is 29.4 Å². The zero-order valence-electron chi connectivity index (χ0n) is 12.9. The van der Waals surface area contributed by atoms with Crippen LogP contribution in [-0.2, 0) is 0 Å². The smallest absolute Gasteiger partial charge is 0.166 e. The van der Waals surface area contributed by atoms with Gasteiger partial charge in [0.1, 0.15) is 0 Å². The molecule has 1 aromatic carbocycles. The Kier molecular flexibility index (Phi) is 3.41. The first-order valence-electron chi connectivity index (χ1n) is 8.19. The molecule has 2 aliphatic heterocycles. The minimum atomic E-state index is 0.167. The average Bonchev–Trinajstić information content (AvgIpc) is 2.53. The van der Waals surface area contributed by atoms with Crippen molar-refractivity contribution in [1.29, 1.82) is 0 Å². The Hall–Kier alpha value is -1.81. The van der Waals surface area contributed by atoms with Gasteiger partial charge < -0.3 is 4.90 Å². The number of hydrogen-bond donors (Lipinski definition) is 0. The van der Waals surface area contributed by atoms with Crippen molar-refractivity contribution in [3.63, 3.8) is 0 Å². The van der Waals surface area contributed by atoms with Crippen molar-refractivity contribution in [2.24, 2.45) is 5.92 Å². The average molecular weight is 295 g/mol. The predicted octanol–water partition coefficient (Wildman–Crippen LogP) is 3.08. The highest BCUT2D eigenvalue weighted by molar-refractivity contribution is 6.00. The van der Waals surface area contributed by atoms with E-state index in [1.165, 1.54) is 19.3 Å². The quantitative estimate of drug-likeness (QED) is 0.799. The van der Waals surface area contributed by atoms with Crippen molar-refractivity contribution >= 4 is 16.8 Å². The van der Waals surface area contributed by atoms with Crippen LogP contribution in [0.25, 0.3) is 11.0 Å². The molecule has 0 N–H and O–H groups in total. The highest BCUT2D eigenvalue weighted by atomic mass is 16.1. The van der Waals surface area contributed by atoms with Crippen LogP contribution in [-0.4, -0.2) is 39.8 Å². The van der Waals surface area contributed by atoms with Crippen molar-refractivity contribution in [3.05, 3.63) is 36.2 Å². The van der Waals surface area contributed by atoms with Gasteiger partial charge in [-0.15, -0.1) is 0 Å². The number of hydrogen-bond acceptors (Lipinski definition) is 4. The van der Waals surface area contributed by atoms with Crippen molar-refractivity contribution in [2.75, 3.05) is 7.05 Å². The first-order chi connectivity index (χ1) is 10.7. The van der Waals surface area contributed by atoms with Crippen LogP contribution in [0.2, 0.25) is 0 Å². The summed E-state index contributed by atoms with van der Waals surface area (Å²) in [5.74, 6) is 0.457. The van der Waals surface area contributed by atoms with Crippen molar-refractivity contribution in [3.8, 4) is 0 Å². The summed E-state index contributed by atoms with van der Waals surface area (Å²) in [7, 11) is 2.22. The minimum absolute atomic E-state index is 0.167. The molecule has 22 heavy (non-hydrogen) atoms. The van der Waals surface area contributed by atoms with Crippen LogP contribution in [0.4, 0.5) is 0 Å². The summed E-state index contributed by atoms with van der Waals surface area (Å²) in [5, 5.41) is 0. The van der Waals surface area contributed by atoms with Gasteiger partial charge in [-0.05, 0) is 50.9 Å². The molecule has 2 unspecified atom stereocenters. The molecule has 0 spiro atoms. The van der Waals surface area contributed by atoms with Crippen LogP contribution >= 0.6 is 0 Å². The summed E-state index contributed by atoms with van der Waals surface area (Å²) in [4.78, 5) is 24.0. The zero-order chi connectivity index (χ0) is 15.1. The van der Waals surface area contributed by atoms with E-state index in [1.807, 2.05) is 18.2 Å². The van der Waals surface area contributed by atoms with Gasteiger partial charge in [0.2, 0.25) is 0 Å². The van der Waals surface area contributed by atoms with Gasteiger partial charge >= 0.3 is 0 Å². The highest BCUT2D eigenvalue weighted by Gasteiger charge is 2.38. The van der Waals surface area contributed by atoms with Crippen LogP contribution in [0, 0.1) is 5.92 Å². The number of carbonyl (C=O) groups excluding carboxylic acids is 1. The van der Waals surface area contributed by atoms with E-state index in [1.54, 1.807) is 12.4 Å². The van der Waals surface area contributed by atoms with Crippen molar-refractivity contribution < 1.29 is 4.79 Å². The molecule has 4 nitrogen and oxygen atoms in total. The molecule has 4 rings (SSSR count). The molecule has 2 bridgehead atoms. The number of Topliss-reactive ketones (excluding diaryl/α,β-unsaturated/α-hetero) is 1. The lowest BCUT2D eigenvalue weighted by Crippen LogP contribution is -2.51. The lowest BCUT2D eigenvalue weighted by Gasteiger charge is -2.46.